The molecule has 228 valence electrons. The van der Waals surface area contributed by atoms with E-state index in [4.69, 9.17) is 33.6 Å². The summed E-state index contributed by atoms with van der Waals surface area (Å²) >= 11 is 0. The van der Waals surface area contributed by atoms with Crippen molar-refractivity contribution in [1.29, 1.82) is 0 Å². The molecule has 2 aromatic rings. The molecule has 2 saturated heterocycles. The van der Waals surface area contributed by atoms with Gasteiger partial charge in [0.05, 0.1) is 6.61 Å². The minimum Gasteiger partial charge on any atom is -0.453 e. The SMILES string of the molecule is CCCCCCCC(=O)O[C@H]1[C@H](On2cnc3c(N)ncnc32)O[C@@H]2COP(=O)(OC(=O)CCCCCCC)O[C@@H]12. The lowest BCUT2D eigenvalue weighted by molar-refractivity contribution is -0.187. The average Bonchev–Trinajstić information content (AvgIpc) is 3.50. The minimum atomic E-state index is -4.29. The van der Waals surface area contributed by atoms with Crippen LogP contribution in [-0.4, -0.2) is 62.8 Å². The van der Waals surface area contributed by atoms with Crippen molar-refractivity contribution >= 4 is 36.7 Å². The van der Waals surface area contributed by atoms with E-state index in [0.717, 1.165) is 51.4 Å². The van der Waals surface area contributed by atoms with Crippen molar-refractivity contribution in [1.82, 2.24) is 19.7 Å². The van der Waals surface area contributed by atoms with E-state index in [-0.39, 0.29) is 30.9 Å². The first-order chi connectivity index (χ1) is 19.8. The van der Waals surface area contributed by atoms with Crippen LogP contribution in [0.15, 0.2) is 12.7 Å². The van der Waals surface area contributed by atoms with Crippen molar-refractivity contribution in [3.05, 3.63) is 12.7 Å². The second-order valence-electron chi connectivity index (χ2n) is 10.2. The lowest BCUT2D eigenvalue weighted by Crippen LogP contribution is -2.44. The van der Waals surface area contributed by atoms with E-state index in [1.165, 1.54) is 17.4 Å². The van der Waals surface area contributed by atoms with Crippen LogP contribution in [0.2, 0.25) is 0 Å². The number of hydrogen-bond donors (Lipinski definition) is 1. The van der Waals surface area contributed by atoms with Gasteiger partial charge in [-0.1, -0.05) is 65.2 Å². The molecule has 2 N–H and O–H groups in total. The average molecular weight is 598 g/mol. The highest BCUT2D eigenvalue weighted by Gasteiger charge is 2.57. The number of nitrogens with zero attached hydrogens (tertiary/aromatic N) is 4. The predicted octanol–water partition coefficient (Wildman–Crippen LogP) is 4.26. The fraction of sp³-hybridized carbons (Fsp3) is 0.731. The van der Waals surface area contributed by atoms with Gasteiger partial charge in [-0.15, -0.1) is 4.73 Å². The molecule has 4 rings (SSSR count). The van der Waals surface area contributed by atoms with Gasteiger partial charge in [0.25, 0.3) is 6.29 Å². The van der Waals surface area contributed by atoms with Crippen LogP contribution in [0.4, 0.5) is 5.82 Å². The summed E-state index contributed by atoms with van der Waals surface area (Å²) in [6.45, 7) is 4.00. The van der Waals surface area contributed by atoms with Gasteiger partial charge in [-0.05, 0) is 12.8 Å². The zero-order valence-electron chi connectivity index (χ0n) is 23.6. The molecule has 0 saturated carbocycles. The van der Waals surface area contributed by atoms with Crippen LogP contribution in [0, 0.1) is 0 Å². The number of fused-ring (bicyclic) bond motifs is 2. The summed E-state index contributed by atoms with van der Waals surface area (Å²) in [6, 6.07) is 0. The topological polar surface area (TPSA) is 176 Å². The molecule has 14 nitrogen and oxygen atoms in total. The number of aromatic nitrogens is 4. The molecule has 0 amide bonds. The van der Waals surface area contributed by atoms with Gasteiger partial charge in [-0.2, -0.15) is 0 Å². The van der Waals surface area contributed by atoms with Crippen LogP contribution >= 0.6 is 7.82 Å². The number of nitrogen functional groups attached to an aromatic ring is 1. The van der Waals surface area contributed by atoms with Gasteiger partial charge in [-0.3, -0.25) is 18.6 Å². The van der Waals surface area contributed by atoms with Gasteiger partial charge in [0, 0.05) is 12.8 Å². The Bertz CT molecular complexity index is 1210. The second-order valence-corrected chi connectivity index (χ2v) is 11.8. The third-order valence-electron chi connectivity index (χ3n) is 6.91. The van der Waals surface area contributed by atoms with Gasteiger partial charge in [0.15, 0.2) is 17.4 Å². The molecule has 1 unspecified atom stereocenters. The predicted molar refractivity (Wildman–Crippen MR) is 146 cm³/mol. The number of esters is 1. The number of rotatable bonds is 16. The lowest BCUT2D eigenvalue weighted by atomic mass is 10.1. The number of ether oxygens (including phenoxy) is 2. The molecule has 5 atom stereocenters. The number of carbonyl (C=O) groups excluding carboxylic acids is 2. The molecule has 15 heteroatoms. The first-order valence-corrected chi connectivity index (χ1v) is 15.9. The Morgan fingerprint density at radius 3 is 2.39 bits per heavy atom. The van der Waals surface area contributed by atoms with Crippen LogP contribution < -0.4 is 10.6 Å². The molecule has 4 heterocycles. The van der Waals surface area contributed by atoms with Gasteiger partial charge < -0.3 is 24.6 Å². The Labute approximate surface area is 239 Å². The molecule has 41 heavy (non-hydrogen) atoms. The Morgan fingerprint density at radius 2 is 1.68 bits per heavy atom. The normalized spacial score (nSPS) is 25.6. The number of phosphoric acid groups is 1. The molecule has 0 radical (unpaired) electrons. The molecule has 0 aliphatic carbocycles. The molecule has 2 aliphatic rings. The highest BCUT2D eigenvalue weighted by Crippen LogP contribution is 2.56. The Hall–Kier alpha value is -2.80. The number of anilines is 1. The second kappa shape index (κ2) is 14.9. The van der Waals surface area contributed by atoms with Crippen LogP contribution in [0.25, 0.3) is 11.2 Å². The molecule has 2 aromatic heterocycles. The lowest BCUT2D eigenvalue weighted by Gasteiger charge is -2.31. The Morgan fingerprint density at radius 1 is 1.00 bits per heavy atom. The molecule has 0 aromatic carbocycles. The quantitative estimate of drug-likeness (QED) is 0.165. The summed E-state index contributed by atoms with van der Waals surface area (Å²) in [7, 11) is -4.29. The summed E-state index contributed by atoms with van der Waals surface area (Å²) in [6.07, 6.45) is 8.04. The van der Waals surface area contributed by atoms with Crippen LogP contribution in [-0.2, 0) is 37.2 Å². The third-order valence-corrected chi connectivity index (χ3v) is 8.31. The zero-order chi connectivity index (χ0) is 29.2. The van der Waals surface area contributed by atoms with E-state index >= 15 is 0 Å². The summed E-state index contributed by atoms with van der Waals surface area (Å²) in [5.41, 5.74) is 6.46. The number of phosphoric ester groups is 1. The fourth-order valence-corrected chi connectivity index (χ4v) is 6.08. The van der Waals surface area contributed by atoms with Crippen molar-refractivity contribution in [2.75, 3.05) is 12.3 Å². The highest BCUT2D eigenvalue weighted by atomic mass is 31.2. The molecular weight excluding hydrogens is 557 g/mol. The highest BCUT2D eigenvalue weighted by molar-refractivity contribution is 7.49. The molecule has 0 bridgehead atoms. The van der Waals surface area contributed by atoms with E-state index in [1.807, 2.05) is 0 Å². The fourth-order valence-electron chi connectivity index (χ4n) is 4.70. The van der Waals surface area contributed by atoms with E-state index in [0.29, 0.717) is 18.4 Å². The summed E-state index contributed by atoms with van der Waals surface area (Å²) < 4.78 is 42.4. The zero-order valence-corrected chi connectivity index (χ0v) is 24.5. The van der Waals surface area contributed by atoms with Crippen molar-refractivity contribution in [2.45, 2.75) is 115 Å². The van der Waals surface area contributed by atoms with E-state index < -0.39 is 44.4 Å². The number of nitrogens with two attached hydrogens (primary N) is 1. The minimum absolute atomic E-state index is 0.0892. The maximum Gasteiger partial charge on any atom is 0.532 e. The molecule has 2 aliphatic heterocycles. The summed E-state index contributed by atoms with van der Waals surface area (Å²) in [5, 5.41) is 0. The Kier molecular flexibility index (Phi) is 11.3. The third kappa shape index (κ3) is 8.37. The van der Waals surface area contributed by atoms with Crippen LogP contribution in [0.5, 0.6) is 0 Å². The van der Waals surface area contributed by atoms with Gasteiger partial charge in [0.1, 0.15) is 24.9 Å². The van der Waals surface area contributed by atoms with Crippen molar-refractivity contribution in [3.8, 4) is 0 Å². The van der Waals surface area contributed by atoms with E-state index in [9.17, 15) is 14.2 Å². The first-order valence-electron chi connectivity index (χ1n) is 14.4. The number of imidazole rings is 1. The first kappa shape index (κ1) is 31.1. The van der Waals surface area contributed by atoms with Crippen LogP contribution in [0.3, 0.4) is 0 Å². The summed E-state index contributed by atoms with van der Waals surface area (Å²) in [5.74, 6) is -1.01. The summed E-state index contributed by atoms with van der Waals surface area (Å²) in [4.78, 5) is 43.4. The number of hydrogen-bond acceptors (Lipinski definition) is 13. The van der Waals surface area contributed by atoms with E-state index in [1.54, 1.807) is 0 Å². The van der Waals surface area contributed by atoms with Gasteiger partial charge >= 0.3 is 19.8 Å². The number of unbranched alkanes of at least 4 members (excludes halogenated alkanes) is 8. The number of carbonyl (C=O) groups is 2. The van der Waals surface area contributed by atoms with E-state index in [2.05, 4.69) is 28.8 Å². The Balaban J connectivity index is 1.44. The maximum absolute atomic E-state index is 13.3. The van der Waals surface area contributed by atoms with Crippen LogP contribution in [0.1, 0.15) is 90.9 Å². The largest absolute Gasteiger partial charge is 0.532 e. The van der Waals surface area contributed by atoms with Gasteiger partial charge in [-0.25, -0.2) is 19.5 Å². The van der Waals surface area contributed by atoms with Crippen molar-refractivity contribution in [2.24, 2.45) is 0 Å². The molecule has 0 spiro atoms. The maximum atomic E-state index is 13.3. The van der Waals surface area contributed by atoms with Gasteiger partial charge in [0.2, 0.25) is 5.65 Å². The molecule has 2 fully saturated rings. The van der Waals surface area contributed by atoms with Crippen molar-refractivity contribution < 1.29 is 42.0 Å². The standard InChI is InChI=1S/C26H40N5O9P/c1-3-5-7-9-11-13-19(32)37-23-22-18(15-35-41(34,40-22)39-20(33)14-12-10-8-6-4-2)36-26(23)38-31-17-30-21-24(27)28-16-29-25(21)31/h16-18,22-23,26H,3-15H2,1-2H3,(H2,27,28,29)/t18-,22-,23-,26+,41?/m1/s1. The monoisotopic (exact) mass is 597 g/mol. The van der Waals surface area contributed by atoms with Crippen molar-refractivity contribution in [3.63, 3.8) is 0 Å². The molecular formula is C26H40N5O9P. The smallest absolute Gasteiger partial charge is 0.453 e.